The highest BCUT2D eigenvalue weighted by molar-refractivity contribution is 6.07. The lowest BCUT2D eigenvalue weighted by atomic mass is 9.85. The van der Waals surface area contributed by atoms with Crippen molar-refractivity contribution in [3.8, 4) is 5.75 Å². The zero-order valence-electron chi connectivity index (χ0n) is 33.5. The molecule has 3 aliphatic rings. The van der Waals surface area contributed by atoms with Gasteiger partial charge in [0.2, 0.25) is 17.7 Å². The van der Waals surface area contributed by atoms with Crippen LogP contribution in [0.1, 0.15) is 58.9 Å². The summed E-state index contributed by atoms with van der Waals surface area (Å²) in [6, 6.07) is 10.4. The van der Waals surface area contributed by atoms with Gasteiger partial charge in [-0.15, -0.1) is 0 Å². The van der Waals surface area contributed by atoms with Crippen molar-refractivity contribution in [3.63, 3.8) is 0 Å². The molecule has 0 bridgehead atoms. The number of ether oxygens (including phenoxy) is 1. The molecule has 3 heterocycles. The van der Waals surface area contributed by atoms with E-state index in [-0.39, 0.29) is 23.6 Å². The molecule has 3 amide bonds. The largest absolute Gasteiger partial charge is 0.494 e. The van der Waals surface area contributed by atoms with Gasteiger partial charge in [0.05, 0.1) is 24.5 Å². The number of anilines is 3. The molecular formula is C40H62N10O4. The minimum atomic E-state index is -0.811. The van der Waals surface area contributed by atoms with E-state index in [2.05, 4.69) is 55.1 Å². The first-order chi connectivity index (χ1) is 25.7. The zero-order chi connectivity index (χ0) is 39.2. The summed E-state index contributed by atoms with van der Waals surface area (Å²) in [6.45, 7) is 14.4. The molecule has 0 aromatic heterocycles. The molecule has 0 spiro atoms. The number of amides is 3. The van der Waals surface area contributed by atoms with Gasteiger partial charge in [-0.2, -0.15) is 0 Å². The fourth-order valence-electron chi connectivity index (χ4n) is 7.64. The van der Waals surface area contributed by atoms with Gasteiger partial charge >= 0.3 is 0 Å². The number of benzene rings is 2. The van der Waals surface area contributed by atoms with Crippen LogP contribution in [0.25, 0.3) is 0 Å². The number of rotatable bonds is 12. The van der Waals surface area contributed by atoms with Crippen LogP contribution in [-0.4, -0.2) is 136 Å². The van der Waals surface area contributed by atoms with Gasteiger partial charge in [-0.25, -0.2) is 4.99 Å². The third-order valence-electron chi connectivity index (χ3n) is 11.2. The summed E-state index contributed by atoms with van der Waals surface area (Å²) >= 11 is 0. The predicted molar refractivity (Wildman–Crippen MR) is 217 cm³/mol. The van der Waals surface area contributed by atoms with Crippen LogP contribution in [0.15, 0.2) is 41.4 Å². The highest BCUT2D eigenvalue weighted by Gasteiger charge is 2.42. The number of aliphatic imine (C=N–C) groups is 1. The number of hydrogen-bond acceptors (Lipinski definition) is 10. The van der Waals surface area contributed by atoms with Crippen LogP contribution < -0.4 is 36.6 Å². The van der Waals surface area contributed by atoms with Gasteiger partial charge < -0.3 is 46.4 Å². The van der Waals surface area contributed by atoms with Crippen LogP contribution >= 0.6 is 0 Å². The molecule has 0 unspecified atom stereocenters. The Morgan fingerprint density at radius 1 is 0.926 bits per heavy atom. The fourth-order valence-corrected chi connectivity index (χ4v) is 7.64. The Hall–Kier alpha value is -4.40. The average Bonchev–Trinajstić information content (AvgIpc) is 3.67. The maximum Gasteiger partial charge on any atom is 0.247 e. The van der Waals surface area contributed by atoms with Crippen LogP contribution in [0, 0.1) is 5.41 Å². The number of carbonyl (C=O) groups excluding carboxylic acids is 3. The van der Waals surface area contributed by atoms with Crippen molar-refractivity contribution in [1.29, 1.82) is 0 Å². The average molecular weight is 747 g/mol. The SMILES string of the molecule is CNc1cc(OC)c(NC(=O)[C@@H]2CCCN2C(=O)[C@@H](NC(=O)[C@H](C)NC)C(C)(C)C)cc1C(N)=Nc1ccc(N2CCN(C3CCN(C)CC3)CC2)cc1. The van der Waals surface area contributed by atoms with Crippen LogP contribution in [0.2, 0.25) is 0 Å². The molecule has 296 valence electrons. The van der Waals surface area contributed by atoms with Crippen LogP contribution in [0.5, 0.6) is 5.75 Å². The second-order valence-corrected chi connectivity index (χ2v) is 15.9. The van der Waals surface area contributed by atoms with Gasteiger partial charge in [0.25, 0.3) is 0 Å². The molecule has 0 saturated carbocycles. The molecule has 2 aromatic carbocycles. The minimum Gasteiger partial charge on any atom is -0.494 e. The number of piperazine rings is 1. The van der Waals surface area contributed by atoms with E-state index in [9.17, 15) is 14.4 Å². The summed E-state index contributed by atoms with van der Waals surface area (Å²) in [4.78, 5) is 54.5. The first-order valence-corrected chi connectivity index (χ1v) is 19.3. The number of likely N-dealkylation sites (N-methyl/N-ethyl adjacent to an activating group) is 1. The lowest BCUT2D eigenvalue weighted by Gasteiger charge is -2.42. The number of amidine groups is 1. The monoisotopic (exact) mass is 746 g/mol. The van der Waals surface area contributed by atoms with Crippen molar-refractivity contribution in [2.45, 2.75) is 77.5 Å². The first-order valence-electron chi connectivity index (χ1n) is 19.3. The molecular weight excluding hydrogens is 685 g/mol. The van der Waals surface area contributed by atoms with E-state index in [1.807, 2.05) is 32.9 Å². The van der Waals surface area contributed by atoms with E-state index in [1.165, 1.54) is 38.7 Å². The second kappa shape index (κ2) is 17.8. The number of hydrogen-bond donors (Lipinski definition) is 5. The van der Waals surface area contributed by atoms with Crippen molar-refractivity contribution in [2.24, 2.45) is 16.1 Å². The number of nitrogens with one attached hydrogen (secondary N) is 4. The maximum atomic E-state index is 14.0. The van der Waals surface area contributed by atoms with E-state index in [0.717, 1.165) is 31.9 Å². The third kappa shape index (κ3) is 9.63. The quantitative estimate of drug-likeness (QED) is 0.162. The van der Waals surface area contributed by atoms with Gasteiger partial charge in [-0.05, 0) is 95.5 Å². The molecule has 3 atom stereocenters. The van der Waals surface area contributed by atoms with E-state index in [0.29, 0.717) is 48.1 Å². The van der Waals surface area contributed by atoms with E-state index < -0.39 is 23.5 Å². The second-order valence-electron chi connectivity index (χ2n) is 15.9. The lowest BCUT2D eigenvalue weighted by Crippen LogP contribution is -2.59. The molecule has 2 aromatic rings. The first kappa shape index (κ1) is 40.8. The van der Waals surface area contributed by atoms with Gasteiger partial charge in [0.15, 0.2) is 0 Å². The van der Waals surface area contributed by atoms with E-state index >= 15 is 0 Å². The number of piperidine rings is 1. The van der Waals surface area contributed by atoms with Crippen molar-refractivity contribution in [2.75, 3.05) is 89.6 Å². The summed E-state index contributed by atoms with van der Waals surface area (Å²) in [5, 5.41) is 12.0. The molecule has 6 N–H and O–H groups in total. The van der Waals surface area contributed by atoms with Crippen LogP contribution in [0.3, 0.4) is 0 Å². The standard InChI is InChI=1S/C40H62N10O4/c1-26(42-5)37(51)46-35(40(2,3)4)39(53)50-17-9-10-33(50)38(52)45-32-24-30(31(43-6)25-34(32)54-8)36(41)44-27-11-13-28(14-12-27)48-20-22-49(23-21-48)29-15-18-47(7)19-16-29/h11-14,24-26,29,33,35,42-43H,9-10,15-23H2,1-8H3,(H2,41,44)(H,45,52)(H,46,51)/t26-,33-,35+/m0/s1. The van der Waals surface area contributed by atoms with Crippen molar-refractivity contribution in [1.82, 2.24) is 25.3 Å². The highest BCUT2D eigenvalue weighted by atomic mass is 16.5. The Morgan fingerprint density at radius 2 is 1.59 bits per heavy atom. The Bertz CT molecular complexity index is 1640. The summed E-state index contributed by atoms with van der Waals surface area (Å²) in [5.74, 6) is -0.203. The van der Waals surface area contributed by atoms with Crippen molar-refractivity contribution < 1.29 is 19.1 Å². The van der Waals surface area contributed by atoms with Crippen LogP contribution in [-0.2, 0) is 14.4 Å². The van der Waals surface area contributed by atoms with Gasteiger partial charge in [-0.3, -0.25) is 19.3 Å². The Labute approximate surface area is 321 Å². The Balaban J connectivity index is 1.28. The molecule has 54 heavy (non-hydrogen) atoms. The molecule has 14 nitrogen and oxygen atoms in total. The van der Waals surface area contributed by atoms with Gasteiger partial charge in [-0.1, -0.05) is 20.8 Å². The van der Waals surface area contributed by atoms with Gasteiger partial charge in [0, 0.05) is 68.8 Å². The molecule has 0 radical (unpaired) electrons. The summed E-state index contributed by atoms with van der Waals surface area (Å²) in [7, 11) is 7.22. The maximum absolute atomic E-state index is 14.0. The molecule has 14 heteroatoms. The Morgan fingerprint density at radius 3 is 2.19 bits per heavy atom. The molecule has 3 fully saturated rings. The summed E-state index contributed by atoms with van der Waals surface area (Å²) in [6.07, 6.45) is 3.65. The van der Waals surface area contributed by atoms with E-state index in [4.69, 9.17) is 15.5 Å². The zero-order valence-corrected chi connectivity index (χ0v) is 33.5. The van der Waals surface area contributed by atoms with Crippen molar-refractivity contribution >= 4 is 46.3 Å². The molecule has 0 aliphatic carbocycles. The Kier molecular flexibility index (Phi) is 13.5. The van der Waals surface area contributed by atoms with Crippen LogP contribution in [0.4, 0.5) is 22.7 Å². The summed E-state index contributed by atoms with van der Waals surface area (Å²) in [5.41, 5.74) is 9.64. The highest BCUT2D eigenvalue weighted by Crippen LogP contribution is 2.34. The lowest BCUT2D eigenvalue weighted by molar-refractivity contribution is -0.143. The molecule has 3 saturated heterocycles. The number of methoxy groups -OCH3 is 1. The normalized spacial score (nSPS) is 20.4. The number of carbonyl (C=O) groups is 3. The smallest absolute Gasteiger partial charge is 0.247 e. The topological polar surface area (TPSA) is 160 Å². The third-order valence-corrected chi connectivity index (χ3v) is 11.2. The van der Waals surface area contributed by atoms with Gasteiger partial charge in [0.1, 0.15) is 23.7 Å². The number of nitrogens with two attached hydrogens (primary N) is 1. The minimum absolute atomic E-state index is 0.272. The van der Waals surface area contributed by atoms with E-state index in [1.54, 1.807) is 38.1 Å². The predicted octanol–water partition coefficient (Wildman–Crippen LogP) is 3.06. The summed E-state index contributed by atoms with van der Waals surface area (Å²) < 4.78 is 5.68. The molecule has 3 aliphatic heterocycles. The number of likely N-dealkylation sites (tertiary alicyclic amines) is 2. The fraction of sp³-hybridized carbons (Fsp3) is 0.600. The molecule has 5 rings (SSSR count). The number of nitrogens with zero attached hydrogens (tertiary/aromatic N) is 5. The van der Waals surface area contributed by atoms with Crippen molar-refractivity contribution in [3.05, 3.63) is 42.0 Å².